The minimum absolute atomic E-state index is 0.508. The number of nitrogen functional groups attached to an aromatic ring is 1. The van der Waals surface area contributed by atoms with Gasteiger partial charge in [0, 0.05) is 7.05 Å². The van der Waals surface area contributed by atoms with Gasteiger partial charge in [-0.25, -0.2) is 0 Å². The maximum Gasteiger partial charge on any atom is 0.203 e. The van der Waals surface area contributed by atoms with Gasteiger partial charge in [0.05, 0.1) is 32.1 Å². The van der Waals surface area contributed by atoms with Crippen molar-refractivity contribution < 1.29 is 14.2 Å². The minimum Gasteiger partial charge on any atom is -0.493 e. The molecular formula is C17H22N2O3. The number of hydrogen-bond donors (Lipinski definition) is 1. The first kappa shape index (κ1) is 15.8. The van der Waals surface area contributed by atoms with Crippen LogP contribution in [0, 0.1) is 0 Å². The highest BCUT2D eigenvalue weighted by atomic mass is 16.5. The number of rotatable bonds is 7. The Morgan fingerprint density at radius 1 is 0.955 bits per heavy atom. The molecule has 2 N–H and O–H groups in total. The molecule has 0 bridgehead atoms. The molecule has 0 unspecified atom stereocenters. The first-order valence-electron chi connectivity index (χ1n) is 7.06. The van der Waals surface area contributed by atoms with Gasteiger partial charge in [0.25, 0.3) is 0 Å². The van der Waals surface area contributed by atoms with Crippen molar-refractivity contribution in [2.45, 2.75) is 0 Å². The maximum atomic E-state index is 5.97. The van der Waals surface area contributed by atoms with Crippen molar-refractivity contribution >= 4 is 11.4 Å². The van der Waals surface area contributed by atoms with E-state index in [-0.39, 0.29) is 0 Å². The molecule has 0 radical (unpaired) electrons. The predicted octanol–water partition coefficient (Wildman–Crippen LogP) is 2.80. The molecule has 118 valence electrons. The largest absolute Gasteiger partial charge is 0.493 e. The van der Waals surface area contributed by atoms with Crippen LogP contribution in [-0.4, -0.2) is 34.4 Å². The van der Waals surface area contributed by atoms with Crippen LogP contribution < -0.4 is 24.8 Å². The van der Waals surface area contributed by atoms with Crippen LogP contribution in [0.3, 0.4) is 0 Å². The third-order valence-electron chi connectivity index (χ3n) is 3.40. The van der Waals surface area contributed by atoms with Crippen LogP contribution in [0.15, 0.2) is 42.5 Å². The Balaban J connectivity index is 1.98. The molecule has 2 aromatic carbocycles. The Morgan fingerprint density at radius 3 is 2.36 bits per heavy atom. The average Bonchev–Trinajstić information content (AvgIpc) is 2.54. The molecule has 0 aromatic heterocycles. The summed E-state index contributed by atoms with van der Waals surface area (Å²) in [5, 5.41) is 0. The standard InChI is InChI=1S/C17H22N2O3/c1-19(14-8-5-4-7-13(14)18)11-12-22-16-10-6-9-15(20-2)17(16)21-3/h4-10H,11-12,18H2,1-3H3. The lowest BCUT2D eigenvalue weighted by atomic mass is 10.2. The molecule has 0 aliphatic rings. The minimum atomic E-state index is 0.508. The summed E-state index contributed by atoms with van der Waals surface area (Å²) in [5.74, 6) is 1.92. The van der Waals surface area contributed by atoms with Gasteiger partial charge in [-0.05, 0) is 24.3 Å². The molecule has 2 rings (SSSR count). The molecule has 0 spiro atoms. The van der Waals surface area contributed by atoms with Gasteiger partial charge in [-0.1, -0.05) is 18.2 Å². The van der Waals surface area contributed by atoms with Crippen molar-refractivity contribution in [3.63, 3.8) is 0 Å². The third kappa shape index (κ3) is 3.55. The SMILES string of the molecule is COc1cccc(OCCN(C)c2ccccc2N)c1OC. The lowest BCUT2D eigenvalue weighted by Crippen LogP contribution is -2.24. The zero-order chi connectivity index (χ0) is 15.9. The fourth-order valence-corrected chi connectivity index (χ4v) is 2.22. The van der Waals surface area contributed by atoms with Crippen molar-refractivity contribution in [2.24, 2.45) is 0 Å². The summed E-state index contributed by atoms with van der Waals surface area (Å²) in [6, 6.07) is 13.3. The normalized spacial score (nSPS) is 10.1. The predicted molar refractivity (Wildman–Crippen MR) is 89.2 cm³/mol. The summed E-state index contributed by atoms with van der Waals surface area (Å²) in [4.78, 5) is 2.06. The highest BCUT2D eigenvalue weighted by Crippen LogP contribution is 2.36. The van der Waals surface area contributed by atoms with Gasteiger partial charge in [-0.3, -0.25) is 0 Å². The van der Waals surface area contributed by atoms with Gasteiger partial charge in [0.2, 0.25) is 5.75 Å². The van der Waals surface area contributed by atoms with Crippen molar-refractivity contribution in [1.29, 1.82) is 0 Å². The Kier molecular flexibility index (Phi) is 5.36. The number of ether oxygens (including phenoxy) is 3. The van der Waals surface area contributed by atoms with Crippen LogP contribution >= 0.6 is 0 Å². The first-order valence-corrected chi connectivity index (χ1v) is 7.06. The fraction of sp³-hybridized carbons (Fsp3) is 0.294. The summed E-state index contributed by atoms with van der Waals surface area (Å²) in [5.41, 5.74) is 7.71. The molecule has 5 heteroatoms. The quantitative estimate of drug-likeness (QED) is 0.797. The zero-order valence-electron chi connectivity index (χ0n) is 13.2. The van der Waals surface area contributed by atoms with E-state index < -0.39 is 0 Å². The number of para-hydroxylation sites is 3. The topological polar surface area (TPSA) is 57.0 Å². The van der Waals surface area contributed by atoms with E-state index >= 15 is 0 Å². The van der Waals surface area contributed by atoms with E-state index in [9.17, 15) is 0 Å². The Morgan fingerprint density at radius 2 is 1.68 bits per heavy atom. The van der Waals surface area contributed by atoms with Gasteiger partial charge in [-0.15, -0.1) is 0 Å². The molecule has 0 amide bonds. The summed E-state index contributed by atoms with van der Waals surface area (Å²) >= 11 is 0. The van der Waals surface area contributed by atoms with Crippen LogP contribution in [-0.2, 0) is 0 Å². The van der Waals surface area contributed by atoms with Gasteiger partial charge in [-0.2, -0.15) is 0 Å². The summed E-state index contributed by atoms with van der Waals surface area (Å²) < 4.78 is 16.4. The first-order chi connectivity index (χ1) is 10.7. The van der Waals surface area contributed by atoms with Crippen molar-refractivity contribution in [3.8, 4) is 17.2 Å². The van der Waals surface area contributed by atoms with Crippen LogP contribution in [0.5, 0.6) is 17.2 Å². The average molecular weight is 302 g/mol. The third-order valence-corrected chi connectivity index (χ3v) is 3.40. The highest BCUT2D eigenvalue weighted by molar-refractivity contribution is 5.66. The molecule has 5 nitrogen and oxygen atoms in total. The van der Waals surface area contributed by atoms with Crippen molar-refractivity contribution in [2.75, 3.05) is 45.1 Å². The van der Waals surface area contributed by atoms with Crippen LogP contribution in [0.25, 0.3) is 0 Å². The molecule has 2 aromatic rings. The van der Waals surface area contributed by atoms with Crippen LogP contribution in [0.2, 0.25) is 0 Å². The van der Waals surface area contributed by atoms with E-state index in [1.165, 1.54) is 0 Å². The van der Waals surface area contributed by atoms with E-state index in [0.29, 0.717) is 30.4 Å². The van der Waals surface area contributed by atoms with E-state index in [1.807, 2.05) is 49.5 Å². The van der Waals surface area contributed by atoms with Gasteiger partial charge in [0.1, 0.15) is 6.61 Å². The van der Waals surface area contributed by atoms with Gasteiger partial charge >= 0.3 is 0 Å². The second-order valence-corrected chi connectivity index (χ2v) is 4.82. The number of nitrogens with two attached hydrogens (primary N) is 1. The number of benzene rings is 2. The summed E-state index contributed by atoms with van der Waals surface area (Å²) in [6.45, 7) is 1.21. The van der Waals surface area contributed by atoms with Crippen LogP contribution in [0.4, 0.5) is 11.4 Å². The Bertz CT molecular complexity index is 617. The fourth-order valence-electron chi connectivity index (χ4n) is 2.22. The molecule has 22 heavy (non-hydrogen) atoms. The molecule has 0 aliphatic carbocycles. The molecule has 0 fully saturated rings. The second kappa shape index (κ2) is 7.45. The number of methoxy groups -OCH3 is 2. The lowest BCUT2D eigenvalue weighted by molar-refractivity contribution is 0.289. The van der Waals surface area contributed by atoms with E-state index in [1.54, 1.807) is 14.2 Å². The maximum absolute atomic E-state index is 5.97. The summed E-state index contributed by atoms with van der Waals surface area (Å²) in [6.07, 6.45) is 0. The number of hydrogen-bond acceptors (Lipinski definition) is 5. The van der Waals surface area contributed by atoms with Gasteiger partial charge < -0.3 is 24.8 Å². The Hall–Kier alpha value is -2.56. The Labute approximate surface area is 131 Å². The highest BCUT2D eigenvalue weighted by Gasteiger charge is 2.11. The molecule has 0 saturated carbocycles. The summed E-state index contributed by atoms with van der Waals surface area (Å²) in [7, 11) is 5.19. The van der Waals surface area contributed by atoms with E-state index in [0.717, 1.165) is 11.4 Å². The molecule has 0 heterocycles. The number of anilines is 2. The molecule has 0 aliphatic heterocycles. The van der Waals surface area contributed by atoms with Crippen molar-refractivity contribution in [1.82, 2.24) is 0 Å². The van der Waals surface area contributed by atoms with Crippen molar-refractivity contribution in [3.05, 3.63) is 42.5 Å². The molecular weight excluding hydrogens is 280 g/mol. The van der Waals surface area contributed by atoms with Crippen LogP contribution in [0.1, 0.15) is 0 Å². The number of nitrogens with zero attached hydrogens (tertiary/aromatic N) is 1. The smallest absolute Gasteiger partial charge is 0.203 e. The molecule has 0 saturated heterocycles. The molecule has 0 atom stereocenters. The van der Waals surface area contributed by atoms with E-state index in [2.05, 4.69) is 4.90 Å². The zero-order valence-corrected chi connectivity index (χ0v) is 13.2. The lowest BCUT2D eigenvalue weighted by Gasteiger charge is -2.21. The van der Waals surface area contributed by atoms with Gasteiger partial charge in [0.15, 0.2) is 11.5 Å². The second-order valence-electron chi connectivity index (χ2n) is 4.82. The van der Waals surface area contributed by atoms with E-state index in [4.69, 9.17) is 19.9 Å². The number of likely N-dealkylation sites (N-methyl/N-ethyl adjacent to an activating group) is 1. The monoisotopic (exact) mass is 302 g/mol.